The molecule has 2 heterocycles. The Morgan fingerprint density at radius 2 is 1.92 bits per heavy atom. The minimum atomic E-state index is -3.14. The SMILES string of the molecule is CCCCOc1ccc(N2CCN(S(=O)(=O)CC(C)C)CC2)nc1. The van der Waals surface area contributed by atoms with Crippen LogP contribution >= 0.6 is 0 Å². The summed E-state index contributed by atoms with van der Waals surface area (Å²) in [5.74, 6) is 2.02. The topological polar surface area (TPSA) is 62.7 Å². The van der Waals surface area contributed by atoms with Gasteiger partial charge in [0.1, 0.15) is 11.6 Å². The van der Waals surface area contributed by atoms with E-state index in [-0.39, 0.29) is 11.7 Å². The van der Waals surface area contributed by atoms with Crippen molar-refractivity contribution in [2.75, 3.05) is 43.4 Å². The van der Waals surface area contributed by atoms with Crippen LogP contribution < -0.4 is 9.64 Å². The molecule has 7 heteroatoms. The fourth-order valence-corrected chi connectivity index (χ4v) is 4.47. The van der Waals surface area contributed by atoms with E-state index < -0.39 is 10.0 Å². The number of nitrogens with zero attached hydrogens (tertiary/aromatic N) is 3. The molecule has 0 atom stereocenters. The van der Waals surface area contributed by atoms with Crippen LogP contribution in [0.4, 0.5) is 5.82 Å². The predicted octanol–water partition coefficient (Wildman–Crippen LogP) is 2.37. The molecular weight excluding hydrogens is 326 g/mol. The van der Waals surface area contributed by atoms with E-state index in [1.165, 1.54) is 0 Å². The smallest absolute Gasteiger partial charge is 0.214 e. The highest BCUT2D eigenvalue weighted by Crippen LogP contribution is 2.19. The zero-order valence-corrected chi connectivity index (χ0v) is 15.8. The molecule has 1 aromatic heterocycles. The van der Waals surface area contributed by atoms with Gasteiger partial charge in [0.05, 0.1) is 18.6 Å². The lowest BCUT2D eigenvalue weighted by Gasteiger charge is -2.35. The molecule has 0 aromatic carbocycles. The van der Waals surface area contributed by atoms with Crippen molar-refractivity contribution in [3.05, 3.63) is 18.3 Å². The first kappa shape index (κ1) is 19.0. The molecule has 136 valence electrons. The summed E-state index contributed by atoms with van der Waals surface area (Å²) in [5, 5.41) is 0. The number of sulfonamides is 1. The Morgan fingerprint density at radius 1 is 1.21 bits per heavy atom. The van der Waals surface area contributed by atoms with Crippen LogP contribution in [-0.4, -0.2) is 56.2 Å². The Balaban J connectivity index is 1.88. The zero-order valence-electron chi connectivity index (χ0n) is 14.9. The fraction of sp³-hybridized carbons (Fsp3) is 0.706. The van der Waals surface area contributed by atoms with E-state index in [0.29, 0.717) is 32.8 Å². The van der Waals surface area contributed by atoms with Gasteiger partial charge in [-0.15, -0.1) is 0 Å². The van der Waals surface area contributed by atoms with E-state index in [9.17, 15) is 8.42 Å². The van der Waals surface area contributed by atoms with E-state index >= 15 is 0 Å². The third-order valence-electron chi connectivity index (χ3n) is 3.99. The molecule has 1 fully saturated rings. The standard InChI is InChI=1S/C17H29N3O3S/c1-4-5-12-23-16-6-7-17(18-13-16)19-8-10-20(11-9-19)24(21,22)14-15(2)3/h6-7,13,15H,4-5,8-12,14H2,1-3H3. The summed E-state index contributed by atoms with van der Waals surface area (Å²) in [4.78, 5) is 6.57. The van der Waals surface area contributed by atoms with Crippen molar-refractivity contribution >= 4 is 15.8 Å². The van der Waals surface area contributed by atoms with Gasteiger partial charge in [-0.3, -0.25) is 0 Å². The highest BCUT2D eigenvalue weighted by Gasteiger charge is 2.27. The van der Waals surface area contributed by atoms with Crippen molar-refractivity contribution < 1.29 is 13.2 Å². The second-order valence-electron chi connectivity index (χ2n) is 6.61. The van der Waals surface area contributed by atoms with Crippen LogP contribution in [0.5, 0.6) is 5.75 Å². The molecule has 1 aliphatic heterocycles. The van der Waals surface area contributed by atoms with Gasteiger partial charge in [-0.05, 0) is 24.5 Å². The van der Waals surface area contributed by atoms with Gasteiger partial charge in [-0.1, -0.05) is 27.2 Å². The lowest BCUT2D eigenvalue weighted by molar-refractivity contribution is 0.308. The Bertz CT molecular complexity index is 594. The van der Waals surface area contributed by atoms with Crippen LogP contribution in [0.25, 0.3) is 0 Å². The monoisotopic (exact) mass is 355 g/mol. The number of pyridine rings is 1. The number of piperazine rings is 1. The summed E-state index contributed by atoms with van der Waals surface area (Å²) in [7, 11) is -3.14. The van der Waals surface area contributed by atoms with Gasteiger partial charge in [-0.25, -0.2) is 13.4 Å². The van der Waals surface area contributed by atoms with Crippen LogP contribution in [0.1, 0.15) is 33.6 Å². The molecule has 0 unspecified atom stereocenters. The van der Waals surface area contributed by atoms with Gasteiger partial charge in [0.15, 0.2) is 0 Å². The molecule has 1 aliphatic rings. The van der Waals surface area contributed by atoms with Gasteiger partial charge in [-0.2, -0.15) is 4.31 Å². The van der Waals surface area contributed by atoms with Gasteiger partial charge in [0.25, 0.3) is 0 Å². The molecule has 24 heavy (non-hydrogen) atoms. The second kappa shape index (κ2) is 8.67. The van der Waals surface area contributed by atoms with Crippen LogP contribution in [0, 0.1) is 5.92 Å². The largest absolute Gasteiger partial charge is 0.492 e. The number of unbranched alkanes of at least 4 members (excludes halogenated alkanes) is 1. The molecule has 0 radical (unpaired) electrons. The van der Waals surface area contributed by atoms with Crippen molar-refractivity contribution in [2.45, 2.75) is 33.6 Å². The van der Waals surface area contributed by atoms with E-state index in [2.05, 4.69) is 16.8 Å². The lowest BCUT2D eigenvalue weighted by Crippen LogP contribution is -2.49. The molecule has 0 bridgehead atoms. The summed E-state index contributed by atoms with van der Waals surface area (Å²) in [5.41, 5.74) is 0. The molecule has 2 rings (SSSR count). The van der Waals surface area contributed by atoms with Gasteiger partial charge in [0.2, 0.25) is 10.0 Å². The Morgan fingerprint density at radius 3 is 2.46 bits per heavy atom. The predicted molar refractivity (Wildman–Crippen MR) is 97.1 cm³/mol. The number of anilines is 1. The Hall–Kier alpha value is -1.34. The minimum Gasteiger partial charge on any atom is -0.492 e. The maximum absolute atomic E-state index is 12.3. The third kappa shape index (κ3) is 5.34. The molecule has 0 amide bonds. The number of rotatable bonds is 8. The Kier molecular flexibility index (Phi) is 6.86. The van der Waals surface area contributed by atoms with E-state index in [1.54, 1.807) is 10.5 Å². The molecule has 0 spiro atoms. The summed E-state index contributed by atoms with van der Waals surface area (Å²) in [6.45, 7) is 9.08. The molecule has 6 nitrogen and oxygen atoms in total. The maximum atomic E-state index is 12.3. The number of hydrogen-bond acceptors (Lipinski definition) is 5. The molecule has 0 aliphatic carbocycles. The summed E-state index contributed by atoms with van der Waals surface area (Å²) in [6, 6.07) is 3.87. The molecule has 1 saturated heterocycles. The minimum absolute atomic E-state index is 0.148. The zero-order chi connectivity index (χ0) is 17.6. The van der Waals surface area contributed by atoms with Crippen LogP contribution in [0.3, 0.4) is 0 Å². The first-order valence-electron chi connectivity index (χ1n) is 8.74. The summed E-state index contributed by atoms with van der Waals surface area (Å²) in [6.07, 6.45) is 3.89. The van der Waals surface area contributed by atoms with Crippen molar-refractivity contribution in [1.82, 2.24) is 9.29 Å². The van der Waals surface area contributed by atoms with Crippen LogP contribution in [0.15, 0.2) is 18.3 Å². The molecule has 0 N–H and O–H groups in total. The van der Waals surface area contributed by atoms with Gasteiger partial charge >= 0.3 is 0 Å². The summed E-state index contributed by atoms with van der Waals surface area (Å²) < 4.78 is 31.8. The first-order valence-corrected chi connectivity index (χ1v) is 10.3. The number of hydrogen-bond donors (Lipinski definition) is 0. The maximum Gasteiger partial charge on any atom is 0.214 e. The normalized spacial score (nSPS) is 16.6. The lowest BCUT2D eigenvalue weighted by atomic mass is 10.3. The highest BCUT2D eigenvalue weighted by molar-refractivity contribution is 7.89. The van der Waals surface area contributed by atoms with E-state index in [0.717, 1.165) is 24.4 Å². The summed E-state index contributed by atoms with van der Waals surface area (Å²) >= 11 is 0. The Labute approximate surface area is 145 Å². The number of aromatic nitrogens is 1. The van der Waals surface area contributed by atoms with Crippen LogP contribution in [-0.2, 0) is 10.0 Å². The van der Waals surface area contributed by atoms with Crippen LogP contribution in [0.2, 0.25) is 0 Å². The van der Waals surface area contributed by atoms with E-state index in [1.807, 2.05) is 26.0 Å². The number of ether oxygens (including phenoxy) is 1. The van der Waals surface area contributed by atoms with Crippen molar-refractivity contribution in [2.24, 2.45) is 5.92 Å². The fourth-order valence-electron chi connectivity index (χ4n) is 2.70. The van der Waals surface area contributed by atoms with Crippen molar-refractivity contribution in [3.8, 4) is 5.75 Å². The molecule has 0 saturated carbocycles. The average Bonchev–Trinajstić information content (AvgIpc) is 2.55. The van der Waals surface area contributed by atoms with Crippen molar-refractivity contribution in [3.63, 3.8) is 0 Å². The van der Waals surface area contributed by atoms with E-state index in [4.69, 9.17) is 4.74 Å². The molecular formula is C17H29N3O3S. The average molecular weight is 356 g/mol. The molecule has 1 aromatic rings. The highest BCUT2D eigenvalue weighted by atomic mass is 32.2. The third-order valence-corrected chi connectivity index (χ3v) is 6.23. The van der Waals surface area contributed by atoms with Gasteiger partial charge in [0, 0.05) is 26.2 Å². The second-order valence-corrected chi connectivity index (χ2v) is 8.63. The van der Waals surface area contributed by atoms with Gasteiger partial charge < -0.3 is 9.64 Å². The first-order chi connectivity index (χ1) is 11.4. The quantitative estimate of drug-likeness (QED) is 0.670. The van der Waals surface area contributed by atoms with Crippen molar-refractivity contribution in [1.29, 1.82) is 0 Å².